The summed E-state index contributed by atoms with van der Waals surface area (Å²) in [7, 11) is 0. The largest absolute Gasteiger partial charge is 0.491 e. The number of hydrogen-bond donors (Lipinski definition) is 1. The monoisotopic (exact) mass is 311 g/mol. The van der Waals surface area contributed by atoms with Crippen molar-refractivity contribution in [3.63, 3.8) is 0 Å². The lowest BCUT2D eigenvalue weighted by Crippen LogP contribution is -2.48. The van der Waals surface area contributed by atoms with Crippen molar-refractivity contribution in [2.24, 2.45) is 0 Å². The highest BCUT2D eigenvalue weighted by Crippen LogP contribution is 2.23. The predicted octanol–water partition coefficient (Wildman–Crippen LogP) is 2.57. The van der Waals surface area contributed by atoms with Crippen molar-refractivity contribution in [2.45, 2.75) is 31.7 Å². The first-order valence-corrected chi connectivity index (χ1v) is 7.37. The minimum atomic E-state index is -0.935. The summed E-state index contributed by atoms with van der Waals surface area (Å²) in [5.41, 5.74) is 0. The van der Waals surface area contributed by atoms with Gasteiger partial charge in [0.15, 0.2) is 0 Å². The van der Waals surface area contributed by atoms with E-state index in [2.05, 4.69) is 0 Å². The maximum Gasteiger partial charge on any atom is 0.326 e. The number of carboxylic acids is 1. The first-order chi connectivity index (χ1) is 10.1. The number of carboxylic acid groups (broad SMARTS) is 1. The Morgan fingerprint density at radius 2 is 2.10 bits per heavy atom. The smallest absolute Gasteiger partial charge is 0.326 e. The summed E-state index contributed by atoms with van der Waals surface area (Å²) in [5, 5.41) is 9.65. The molecule has 6 heteroatoms. The van der Waals surface area contributed by atoms with Gasteiger partial charge < -0.3 is 14.7 Å². The SMILES string of the molecule is O=C(O)[C@H]1CCCCN1C(=O)CCOc1ccccc1Cl. The van der Waals surface area contributed by atoms with Crippen molar-refractivity contribution >= 4 is 23.5 Å². The molecule has 1 amide bonds. The lowest BCUT2D eigenvalue weighted by atomic mass is 10.0. The number of rotatable bonds is 5. The van der Waals surface area contributed by atoms with Gasteiger partial charge in [-0.05, 0) is 31.4 Å². The Balaban J connectivity index is 1.86. The van der Waals surface area contributed by atoms with Gasteiger partial charge in [-0.2, -0.15) is 0 Å². The molecule has 1 N–H and O–H groups in total. The number of carbonyl (C=O) groups excluding carboxylic acids is 1. The van der Waals surface area contributed by atoms with Crippen molar-refractivity contribution in [2.75, 3.05) is 13.2 Å². The molecule has 21 heavy (non-hydrogen) atoms. The van der Waals surface area contributed by atoms with E-state index >= 15 is 0 Å². The van der Waals surface area contributed by atoms with E-state index in [1.807, 2.05) is 0 Å². The zero-order valence-corrected chi connectivity index (χ0v) is 12.4. The van der Waals surface area contributed by atoms with E-state index in [-0.39, 0.29) is 18.9 Å². The minimum Gasteiger partial charge on any atom is -0.491 e. The van der Waals surface area contributed by atoms with Gasteiger partial charge in [-0.1, -0.05) is 23.7 Å². The molecule has 1 aliphatic rings. The number of likely N-dealkylation sites (tertiary alicyclic amines) is 1. The fraction of sp³-hybridized carbons (Fsp3) is 0.467. The second-order valence-electron chi connectivity index (χ2n) is 4.97. The van der Waals surface area contributed by atoms with Crippen LogP contribution >= 0.6 is 11.6 Å². The molecule has 0 bridgehead atoms. The summed E-state index contributed by atoms with van der Waals surface area (Å²) < 4.78 is 5.47. The molecular weight excluding hydrogens is 294 g/mol. The van der Waals surface area contributed by atoms with E-state index < -0.39 is 12.0 Å². The Labute approximate surface area is 128 Å². The molecule has 0 unspecified atom stereocenters. The normalized spacial score (nSPS) is 18.3. The molecule has 0 radical (unpaired) electrons. The molecule has 0 aliphatic carbocycles. The quantitative estimate of drug-likeness (QED) is 0.907. The second-order valence-corrected chi connectivity index (χ2v) is 5.37. The molecule has 5 nitrogen and oxygen atoms in total. The Morgan fingerprint density at radius 1 is 1.33 bits per heavy atom. The molecule has 0 saturated carbocycles. The van der Waals surface area contributed by atoms with Gasteiger partial charge in [0, 0.05) is 6.54 Å². The van der Waals surface area contributed by atoms with E-state index in [1.165, 1.54) is 4.90 Å². The number of carbonyl (C=O) groups is 2. The molecule has 0 spiro atoms. The Bertz CT molecular complexity index is 520. The lowest BCUT2D eigenvalue weighted by molar-refractivity contribution is -0.152. The summed E-state index contributed by atoms with van der Waals surface area (Å²) in [6, 6.07) is 6.34. The van der Waals surface area contributed by atoms with Crippen LogP contribution < -0.4 is 4.74 Å². The van der Waals surface area contributed by atoms with Crippen LogP contribution in [0.15, 0.2) is 24.3 Å². The number of ether oxygens (including phenoxy) is 1. The third-order valence-corrected chi connectivity index (χ3v) is 3.83. The Hall–Kier alpha value is -1.75. The maximum absolute atomic E-state index is 12.1. The molecule has 1 fully saturated rings. The molecule has 1 aromatic rings. The average molecular weight is 312 g/mol. The van der Waals surface area contributed by atoms with Gasteiger partial charge in [-0.15, -0.1) is 0 Å². The van der Waals surface area contributed by atoms with E-state index in [9.17, 15) is 9.59 Å². The van der Waals surface area contributed by atoms with Gasteiger partial charge in [-0.25, -0.2) is 4.79 Å². The number of aliphatic carboxylic acids is 1. The molecule has 2 rings (SSSR count). The van der Waals surface area contributed by atoms with Crippen LogP contribution in [-0.2, 0) is 9.59 Å². The lowest BCUT2D eigenvalue weighted by Gasteiger charge is -2.33. The summed E-state index contributed by atoms with van der Waals surface area (Å²) in [5.74, 6) is -0.593. The van der Waals surface area contributed by atoms with Gasteiger partial charge in [-0.3, -0.25) is 4.79 Å². The van der Waals surface area contributed by atoms with Gasteiger partial charge in [0.05, 0.1) is 18.1 Å². The highest BCUT2D eigenvalue weighted by molar-refractivity contribution is 6.32. The number of hydrogen-bond acceptors (Lipinski definition) is 3. The van der Waals surface area contributed by atoms with Crippen LogP contribution in [0, 0.1) is 0 Å². The van der Waals surface area contributed by atoms with Crippen molar-refractivity contribution in [1.29, 1.82) is 0 Å². The second kappa shape index (κ2) is 7.31. The molecule has 1 saturated heterocycles. The molecule has 1 aromatic carbocycles. The van der Waals surface area contributed by atoms with E-state index in [4.69, 9.17) is 21.4 Å². The van der Waals surface area contributed by atoms with Crippen LogP contribution in [0.25, 0.3) is 0 Å². The highest BCUT2D eigenvalue weighted by Gasteiger charge is 2.31. The zero-order valence-electron chi connectivity index (χ0n) is 11.6. The fourth-order valence-corrected chi connectivity index (χ4v) is 2.63. The zero-order chi connectivity index (χ0) is 15.2. The molecule has 1 heterocycles. The number of para-hydroxylation sites is 1. The van der Waals surface area contributed by atoms with Crippen molar-refractivity contribution in [1.82, 2.24) is 4.90 Å². The Kier molecular flexibility index (Phi) is 5.44. The number of halogens is 1. The van der Waals surface area contributed by atoms with Gasteiger partial charge in [0.25, 0.3) is 0 Å². The summed E-state index contributed by atoms with van der Waals surface area (Å²) >= 11 is 5.95. The first-order valence-electron chi connectivity index (χ1n) is 6.99. The molecule has 0 aromatic heterocycles. The van der Waals surface area contributed by atoms with Gasteiger partial charge >= 0.3 is 5.97 Å². The van der Waals surface area contributed by atoms with Crippen LogP contribution in [0.3, 0.4) is 0 Å². The van der Waals surface area contributed by atoms with Gasteiger partial charge in [0.1, 0.15) is 11.8 Å². The van der Waals surface area contributed by atoms with Crippen LogP contribution in [0.1, 0.15) is 25.7 Å². The fourth-order valence-electron chi connectivity index (χ4n) is 2.44. The maximum atomic E-state index is 12.1. The van der Waals surface area contributed by atoms with Crippen LogP contribution in [0.5, 0.6) is 5.75 Å². The molecular formula is C15H18ClNO4. The highest BCUT2D eigenvalue weighted by atomic mass is 35.5. The van der Waals surface area contributed by atoms with Crippen molar-refractivity contribution in [3.8, 4) is 5.75 Å². The predicted molar refractivity (Wildman–Crippen MR) is 78.6 cm³/mol. The molecule has 114 valence electrons. The number of amides is 1. The summed E-state index contributed by atoms with van der Waals surface area (Å²) in [4.78, 5) is 24.8. The molecule has 1 atom stereocenters. The average Bonchev–Trinajstić information content (AvgIpc) is 2.49. The minimum absolute atomic E-state index is 0.148. The van der Waals surface area contributed by atoms with Crippen LogP contribution in [0.4, 0.5) is 0 Å². The number of benzene rings is 1. The standard InChI is InChI=1S/C15H18ClNO4/c16-11-5-1-2-7-13(11)21-10-8-14(18)17-9-4-3-6-12(17)15(19)20/h1-2,5,7,12H,3-4,6,8-10H2,(H,19,20)/t12-/m1/s1. The third-order valence-electron chi connectivity index (χ3n) is 3.52. The summed E-state index contributed by atoms with van der Waals surface area (Å²) in [6.45, 7) is 0.688. The van der Waals surface area contributed by atoms with Crippen LogP contribution in [-0.4, -0.2) is 41.1 Å². The number of nitrogens with zero attached hydrogens (tertiary/aromatic N) is 1. The first kappa shape index (κ1) is 15.6. The van der Waals surface area contributed by atoms with E-state index in [0.717, 1.165) is 12.8 Å². The van der Waals surface area contributed by atoms with E-state index in [0.29, 0.717) is 23.7 Å². The Morgan fingerprint density at radius 3 is 2.81 bits per heavy atom. The van der Waals surface area contributed by atoms with Crippen molar-refractivity contribution < 1.29 is 19.4 Å². The van der Waals surface area contributed by atoms with Crippen LogP contribution in [0.2, 0.25) is 5.02 Å². The van der Waals surface area contributed by atoms with Crippen molar-refractivity contribution in [3.05, 3.63) is 29.3 Å². The summed E-state index contributed by atoms with van der Waals surface area (Å²) in [6.07, 6.45) is 2.36. The topological polar surface area (TPSA) is 66.8 Å². The molecule has 1 aliphatic heterocycles. The third kappa shape index (κ3) is 4.11. The number of piperidine rings is 1. The van der Waals surface area contributed by atoms with Gasteiger partial charge in [0.2, 0.25) is 5.91 Å². The van der Waals surface area contributed by atoms with E-state index in [1.54, 1.807) is 24.3 Å².